The fourth-order valence-electron chi connectivity index (χ4n) is 8.04. The maximum atomic E-state index is 13.3. The number of esters is 3. The van der Waals surface area contributed by atoms with Crippen molar-refractivity contribution in [1.82, 2.24) is 0 Å². The van der Waals surface area contributed by atoms with Gasteiger partial charge < -0.3 is 24.1 Å². The minimum Gasteiger partial charge on any atom is -0.459 e. The van der Waals surface area contributed by atoms with Crippen LogP contribution in [0.4, 0.5) is 0 Å². The Balaban J connectivity index is 1.66. The summed E-state index contributed by atoms with van der Waals surface area (Å²) in [5, 5.41) is 11.8. The van der Waals surface area contributed by atoms with E-state index in [0.29, 0.717) is 6.42 Å². The minimum atomic E-state index is -1.84. The summed E-state index contributed by atoms with van der Waals surface area (Å²) in [6.07, 6.45) is -1.40. The van der Waals surface area contributed by atoms with Crippen LogP contribution in [0.5, 0.6) is 0 Å². The summed E-state index contributed by atoms with van der Waals surface area (Å²) in [5.41, 5.74) is -5.57. The highest BCUT2D eigenvalue weighted by Crippen LogP contribution is 2.84. The molecule has 152 valence electrons. The van der Waals surface area contributed by atoms with Gasteiger partial charge in [-0.15, -0.1) is 0 Å². The van der Waals surface area contributed by atoms with Crippen LogP contribution in [0.15, 0.2) is 0 Å². The quantitative estimate of drug-likeness (QED) is 0.474. The van der Waals surface area contributed by atoms with Crippen LogP contribution in [0.25, 0.3) is 0 Å². The molecule has 2 aliphatic carbocycles. The number of fused-ring (bicyclic) bond motifs is 1. The zero-order valence-corrected chi connectivity index (χ0v) is 16.3. The van der Waals surface area contributed by atoms with E-state index in [-0.39, 0.29) is 30.1 Å². The first-order valence-electron chi connectivity index (χ1n) is 9.98. The number of aliphatic hydroxyl groups is 1. The second kappa shape index (κ2) is 4.26. The molecule has 6 rings (SSSR count). The van der Waals surface area contributed by atoms with Crippen molar-refractivity contribution >= 4 is 17.9 Å². The minimum absolute atomic E-state index is 0.0233. The fourth-order valence-corrected chi connectivity index (χ4v) is 8.04. The Kier molecular flexibility index (Phi) is 2.62. The molecule has 0 aromatic heterocycles. The van der Waals surface area contributed by atoms with Crippen molar-refractivity contribution in [3.8, 4) is 0 Å². The first-order chi connectivity index (χ1) is 13.0. The van der Waals surface area contributed by atoms with E-state index >= 15 is 0 Å². The van der Waals surface area contributed by atoms with Gasteiger partial charge in [-0.2, -0.15) is 0 Å². The van der Waals surface area contributed by atoms with Gasteiger partial charge in [0.2, 0.25) is 11.9 Å². The Hall–Kier alpha value is -1.67. The van der Waals surface area contributed by atoms with Gasteiger partial charge >= 0.3 is 17.9 Å². The first-order valence-corrected chi connectivity index (χ1v) is 9.98. The molecule has 6 fully saturated rings. The number of hydrogen-bond acceptors (Lipinski definition) is 8. The van der Waals surface area contributed by atoms with Crippen LogP contribution in [-0.4, -0.2) is 52.7 Å². The van der Waals surface area contributed by atoms with E-state index in [9.17, 15) is 19.5 Å². The predicted molar refractivity (Wildman–Crippen MR) is 89.2 cm³/mol. The summed E-state index contributed by atoms with van der Waals surface area (Å²) < 4.78 is 23.2. The first kappa shape index (κ1) is 17.2. The van der Waals surface area contributed by atoms with Gasteiger partial charge in [-0.25, -0.2) is 4.79 Å². The normalized spacial score (nSPS) is 58.2. The second-order valence-corrected chi connectivity index (χ2v) is 10.5. The molecule has 9 atom stereocenters. The van der Waals surface area contributed by atoms with Gasteiger partial charge in [-0.1, -0.05) is 20.8 Å². The van der Waals surface area contributed by atoms with Crippen molar-refractivity contribution in [2.75, 3.05) is 0 Å². The largest absolute Gasteiger partial charge is 0.459 e. The van der Waals surface area contributed by atoms with Gasteiger partial charge in [-0.3, -0.25) is 9.59 Å². The summed E-state index contributed by atoms with van der Waals surface area (Å²) in [5.74, 6) is -2.54. The van der Waals surface area contributed by atoms with Crippen LogP contribution in [0, 0.1) is 28.1 Å². The van der Waals surface area contributed by atoms with E-state index < -0.39 is 58.4 Å². The molecule has 4 aliphatic heterocycles. The molecule has 0 bridgehead atoms. The lowest BCUT2D eigenvalue weighted by Gasteiger charge is -2.45. The average molecular weight is 392 g/mol. The third-order valence-electron chi connectivity index (χ3n) is 8.88. The van der Waals surface area contributed by atoms with Crippen molar-refractivity contribution in [2.24, 2.45) is 28.1 Å². The zero-order chi connectivity index (χ0) is 20.1. The van der Waals surface area contributed by atoms with E-state index in [0.717, 1.165) is 0 Å². The Bertz CT molecular complexity index is 861. The highest BCUT2D eigenvalue weighted by molar-refractivity contribution is 5.92. The molecule has 0 amide bonds. The molecule has 4 heterocycles. The SMILES string of the molecule is C[C@@H]1C(=O)OC2CC34C5C[C@@H](C(C)(C)C)C36CC(=O)O[C@H]6O[C@@]4(C(=O)O5)[C@]21O. The van der Waals surface area contributed by atoms with Crippen molar-refractivity contribution in [1.29, 1.82) is 0 Å². The Morgan fingerprint density at radius 1 is 1.07 bits per heavy atom. The monoisotopic (exact) mass is 392 g/mol. The molecule has 8 heteroatoms. The standard InChI is InChI=1S/C20H24O8/c1-8-13(22)25-11-6-18-10-5-9(16(2,3)4)17(18)7-12(21)27-15(17)28-20(18,14(23)26-10)19(8,11)24/h8-11,15,24H,5-7H2,1-4H3/t8-,9+,10?,11?,15+,17?,18?,19-,20-/m1/s1. The maximum Gasteiger partial charge on any atom is 0.342 e. The van der Waals surface area contributed by atoms with Crippen LogP contribution in [0.3, 0.4) is 0 Å². The Morgan fingerprint density at radius 2 is 1.79 bits per heavy atom. The molecule has 2 saturated carbocycles. The van der Waals surface area contributed by atoms with Crippen LogP contribution < -0.4 is 0 Å². The number of carbonyl (C=O) groups excluding carboxylic acids is 3. The predicted octanol–water partition coefficient (Wildman–Crippen LogP) is 0.689. The highest BCUT2D eigenvalue weighted by Gasteiger charge is 2.99. The molecule has 0 radical (unpaired) electrons. The number of carbonyl (C=O) groups is 3. The van der Waals surface area contributed by atoms with Crippen LogP contribution in [-0.2, 0) is 33.3 Å². The molecule has 0 aromatic rings. The molecule has 28 heavy (non-hydrogen) atoms. The van der Waals surface area contributed by atoms with Crippen molar-refractivity contribution in [3.05, 3.63) is 0 Å². The molecule has 1 N–H and O–H groups in total. The molecule has 4 unspecified atom stereocenters. The van der Waals surface area contributed by atoms with Gasteiger partial charge in [-0.05, 0) is 24.7 Å². The number of hydrogen-bond donors (Lipinski definition) is 1. The molecular formula is C20H24O8. The van der Waals surface area contributed by atoms with Crippen molar-refractivity contribution < 1.29 is 38.4 Å². The summed E-state index contributed by atoms with van der Waals surface area (Å²) in [6, 6.07) is 0. The van der Waals surface area contributed by atoms with Gasteiger partial charge in [0.25, 0.3) is 0 Å². The summed E-state index contributed by atoms with van der Waals surface area (Å²) >= 11 is 0. The number of rotatable bonds is 0. The highest BCUT2D eigenvalue weighted by atomic mass is 16.7. The molecule has 6 aliphatic rings. The maximum absolute atomic E-state index is 13.3. The van der Waals surface area contributed by atoms with Crippen molar-refractivity contribution in [3.63, 3.8) is 0 Å². The number of ether oxygens (including phenoxy) is 4. The molecular weight excluding hydrogens is 368 g/mol. The van der Waals surface area contributed by atoms with Crippen molar-refractivity contribution in [2.45, 2.75) is 76.7 Å². The van der Waals surface area contributed by atoms with E-state index in [2.05, 4.69) is 20.8 Å². The smallest absolute Gasteiger partial charge is 0.342 e. The third kappa shape index (κ3) is 1.26. The van der Waals surface area contributed by atoms with E-state index in [1.165, 1.54) is 0 Å². The summed E-state index contributed by atoms with van der Waals surface area (Å²) in [4.78, 5) is 38.0. The molecule has 4 saturated heterocycles. The zero-order valence-electron chi connectivity index (χ0n) is 16.3. The van der Waals surface area contributed by atoms with E-state index in [1.54, 1.807) is 6.92 Å². The van der Waals surface area contributed by atoms with Crippen LogP contribution in [0.2, 0.25) is 0 Å². The van der Waals surface area contributed by atoms with Gasteiger partial charge in [0.1, 0.15) is 12.2 Å². The fraction of sp³-hybridized carbons (Fsp3) is 0.850. The van der Waals surface area contributed by atoms with E-state index in [4.69, 9.17) is 18.9 Å². The molecule has 0 aromatic carbocycles. The van der Waals surface area contributed by atoms with Crippen LogP contribution >= 0.6 is 0 Å². The lowest BCUT2D eigenvalue weighted by Crippen LogP contribution is -2.65. The lowest BCUT2D eigenvalue weighted by atomic mass is 9.52. The molecule has 2 spiro atoms. The third-order valence-corrected chi connectivity index (χ3v) is 8.88. The second-order valence-electron chi connectivity index (χ2n) is 10.5. The average Bonchev–Trinajstić information content (AvgIpc) is 3.28. The Labute approximate surface area is 161 Å². The topological polar surface area (TPSA) is 108 Å². The van der Waals surface area contributed by atoms with Gasteiger partial charge in [0.15, 0.2) is 5.60 Å². The Morgan fingerprint density at radius 3 is 2.46 bits per heavy atom. The van der Waals surface area contributed by atoms with E-state index in [1.807, 2.05) is 0 Å². The summed E-state index contributed by atoms with van der Waals surface area (Å²) in [6.45, 7) is 7.85. The van der Waals surface area contributed by atoms with Crippen LogP contribution in [0.1, 0.15) is 47.0 Å². The molecule has 8 nitrogen and oxygen atoms in total. The lowest BCUT2D eigenvalue weighted by molar-refractivity contribution is -0.238. The summed E-state index contributed by atoms with van der Waals surface area (Å²) in [7, 11) is 0. The van der Waals surface area contributed by atoms with Gasteiger partial charge in [0.05, 0.1) is 23.2 Å². The van der Waals surface area contributed by atoms with Gasteiger partial charge in [0, 0.05) is 6.42 Å².